The predicted molar refractivity (Wildman–Crippen MR) is 77.4 cm³/mol. The molecule has 0 spiro atoms. The van der Waals surface area contributed by atoms with E-state index in [4.69, 9.17) is 5.11 Å². The molecule has 1 aromatic rings. The monoisotopic (exact) mass is 278 g/mol. The molecule has 1 rings (SSSR count). The third kappa shape index (κ3) is 4.57. The summed E-state index contributed by atoms with van der Waals surface area (Å²) >= 11 is 0. The quantitative estimate of drug-likeness (QED) is 0.868. The molecule has 5 heteroatoms. The Morgan fingerprint density at radius 2 is 1.80 bits per heavy atom. The maximum absolute atomic E-state index is 12.0. The fourth-order valence-electron chi connectivity index (χ4n) is 1.68. The Balaban J connectivity index is 2.54. The molecule has 20 heavy (non-hydrogen) atoms. The van der Waals surface area contributed by atoms with Crippen molar-refractivity contribution < 1.29 is 14.7 Å². The Labute approximate surface area is 119 Å². The van der Waals surface area contributed by atoms with E-state index in [-0.39, 0.29) is 6.03 Å². The van der Waals surface area contributed by atoms with Crippen LogP contribution >= 0.6 is 0 Å². The van der Waals surface area contributed by atoms with Crippen LogP contribution in [0.15, 0.2) is 24.3 Å². The lowest BCUT2D eigenvalue weighted by molar-refractivity contribution is -0.141. The Morgan fingerprint density at radius 1 is 1.25 bits per heavy atom. The van der Waals surface area contributed by atoms with Crippen LogP contribution < -0.4 is 5.32 Å². The summed E-state index contributed by atoms with van der Waals surface area (Å²) in [5.41, 5.74) is 2.21. The SMILES string of the molecule is Cc1ccc(CN(C)C(=O)NC(C)C(C)C(=O)O)cc1. The van der Waals surface area contributed by atoms with Gasteiger partial charge < -0.3 is 15.3 Å². The van der Waals surface area contributed by atoms with E-state index in [2.05, 4.69) is 5.32 Å². The summed E-state index contributed by atoms with van der Waals surface area (Å²) in [5.74, 6) is -1.54. The van der Waals surface area contributed by atoms with Crippen molar-refractivity contribution in [2.75, 3.05) is 7.05 Å². The van der Waals surface area contributed by atoms with Crippen LogP contribution in [0.1, 0.15) is 25.0 Å². The number of carboxylic acids is 1. The first kappa shape index (κ1) is 16.0. The molecule has 0 aliphatic heterocycles. The molecule has 0 heterocycles. The number of nitrogens with zero attached hydrogens (tertiary/aromatic N) is 1. The lowest BCUT2D eigenvalue weighted by Gasteiger charge is -2.23. The molecule has 0 aliphatic rings. The molecule has 0 aliphatic carbocycles. The maximum atomic E-state index is 12.0. The van der Waals surface area contributed by atoms with Gasteiger partial charge in [0, 0.05) is 19.6 Å². The van der Waals surface area contributed by atoms with E-state index in [0.717, 1.165) is 5.56 Å². The summed E-state index contributed by atoms with van der Waals surface area (Å²) < 4.78 is 0. The number of hydrogen-bond acceptors (Lipinski definition) is 2. The molecule has 2 N–H and O–H groups in total. The lowest BCUT2D eigenvalue weighted by Crippen LogP contribution is -2.45. The lowest BCUT2D eigenvalue weighted by atomic mass is 10.0. The number of aryl methyl sites for hydroxylation is 1. The van der Waals surface area contributed by atoms with Gasteiger partial charge in [0.15, 0.2) is 0 Å². The second-order valence-corrected chi connectivity index (χ2v) is 5.21. The van der Waals surface area contributed by atoms with E-state index >= 15 is 0 Å². The highest BCUT2D eigenvalue weighted by Crippen LogP contribution is 2.07. The molecule has 5 nitrogen and oxygen atoms in total. The molecular formula is C15H22N2O3. The van der Waals surface area contributed by atoms with E-state index < -0.39 is 17.9 Å². The van der Waals surface area contributed by atoms with E-state index in [1.807, 2.05) is 31.2 Å². The third-order valence-corrected chi connectivity index (χ3v) is 3.38. The molecule has 0 saturated carbocycles. The van der Waals surface area contributed by atoms with Gasteiger partial charge in [-0.25, -0.2) is 4.79 Å². The van der Waals surface area contributed by atoms with Crippen LogP contribution in [-0.2, 0) is 11.3 Å². The average Bonchev–Trinajstić information content (AvgIpc) is 2.40. The number of urea groups is 1. The number of nitrogens with one attached hydrogen (secondary N) is 1. The normalized spacial score (nSPS) is 13.4. The van der Waals surface area contributed by atoms with Crippen molar-refractivity contribution in [1.29, 1.82) is 0 Å². The molecule has 110 valence electrons. The van der Waals surface area contributed by atoms with E-state index in [9.17, 15) is 9.59 Å². The van der Waals surface area contributed by atoms with Crippen LogP contribution in [0.5, 0.6) is 0 Å². The summed E-state index contributed by atoms with van der Waals surface area (Å²) in [6.07, 6.45) is 0. The van der Waals surface area contributed by atoms with Gasteiger partial charge in [0.2, 0.25) is 0 Å². The highest BCUT2D eigenvalue weighted by Gasteiger charge is 2.22. The van der Waals surface area contributed by atoms with Crippen molar-refractivity contribution >= 4 is 12.0 Å². The Hall–Kier alpha value is -2.04. The van der Waals surface area contributed by atoms with Crippen molar-refractivity contribution in [2.45, 2.75) is 33.4 Å². The van der Waals surface area contributed by atoms with E-state index in [1.54, 1.807) is 20.9 Å². The van der Waals surface area contributed by atoms with Gasteiger partial charge in [0.25, 0.3) is 0 Å². The molecule has 0 aromatic heterocycles. The smallest absolute Gasteiger partial charge is 0.317 e. The molecule has 0 saturated heterocycles. The minimum absolute atomic E-state index is 0.272. The maximum Gasteiger partial charge on any atom is 0.317 e. The average molecular weight is 278 g/mol. The van der Waals surface area contributed by atoms with E-state index in [0.29, 0.717) is 6.54 Å². The first-order valence-electron chi connectivity index (χ1n) is 6.61. The number of carboxylic acid groups (broad SMARTS) is 1. The van der Waals surface area contributed by atoms with Crippen molar-refractivity contribution in [3.8, 4) is 0 Å². The minimum atomic E-state index is -0.918. The molecule has 2 atom stereocenters. The largest absolute Gasteiger partial charge is 0.481 e. The minimum Gasteiger partial charge on any atom is -0.481 e. The predicted octanol–water partition coefficient (Wildman–Crippen LogP) is 2.25. The topological polar surface area (TPSA) is 69.6 Å². The van der Waals surface area contributed by atoms with Gasteiger partial charge in [-0.3, -0.25) is 4.79 Å². The molecule has 0 fully saturated rings. The summed E-state index contributed by atoms with van der Waals surface area (Å²) in [6.45, 7) is 5.76. The summed E-state index contributed by atoms with van der Waals surface area (Å²) in [6, 6.07) is 7.25. The van der Waals surface area contributed by atoms with Gasteiger partial charge in [-0.2, -0.15) is 0 Å². The van der Waals surface area contributed by atoms with Crippen LogP contribution in [-0.4, -0.2) is 35.1 Å². The zero-order chi connectivity index (χ0) is 15.3. The van der Waals surface area contributed by atoms with Crippen LogP contribution in [0, 0.1) is 12.8 Å². The molecule has 0 radical (unpaired) electrons. The van der Waals surface area contributed by atoms with E-state index in [1.165, 1.54) is 10.5 Å². The summed E-state index contributed by atoms with van der Waals surface area (Å²) in [5, 5.41) is 11.6. The van der Waals surface area contributed by atoms with Crippen molar-refractivity contribution in [3.05, 3.63) is 35.4 Å². The zero-order valence-electron chi connectivity index (χ0n) is 12.4. The number of carbonyl (C=O) groups excluding carboxylic acids is 1. The van der Waals surface area contributed by atoms with Crippen LogP contribution in [0.4, 0.5) is 4.79 Å². The number of aliphatic carboxylic acids is 1. The van der Waals surface area contributed by atoms with Gasteiger partial charge in [-0.1, -0.05) is 29.8 Å². The fraction of sp³-hybridized carbons (Fsp3) is 0.467. The van der Waals surface area contributed by atoms with Crippen LogP contribution in [0.3, 0.4) is 0 Å². The van der Waals surface area contributed by atoms with Gasteiger partial charge in [-0.05, 0) is 26.3 Å². The molecule has 1 aromatic carbocycles. The number of rotatable bonds is 5. The molecule has 0 bridgehead atoms. The van der Waals surface area contributed by atoms with Gasteiger partial charge in [-0.15, -0.1) is 0 Å². The molecular weight excluding hydrogens is 256 g/mol. The summed E-state index contributed by atoms with van der Waals surface area (Å²) in [4.78, 5) is 24.4. The Kier molecular flexibility index (Phi) is 5.55. The third-order valence-electron chi connectivity index (χ3n) is 3.38. The van der Waals surface area contributed by atoms with Gasteiger partial charge in [0.1, 0.15) is 0 Å². The van der Waals surface area contributed by atoms with Gasteiger partial charge >= 0.3 is 12.0 Å². The second-order valence-electron chi connectivity index (χ2n) is 5.21. The number of amides is 2. The Bertz CT molecular complexity index is 471. The standard InChI is InChI=1S/C15H22N2O3/c1-10-5-7-13(8-6-10)9-17(4)15(20)16-12(3)11(2)14(18)19/h5-8,11-12H,9H2,1-4H3,(H,16,20)(H,18,19). The highest BCUT2D eigenvalue weighted by molar-refractivity contribution is 5.76. The first-order valence-corrected chi connectivity index (χ1v) is 6.61. The zero-order valence-corrected chi connectivity index (χ0v) is 12.4. The molecule has 2 unspecified atom stereocenters. The molecule has 2 amide bonds. The number of carbonyl (C=O) groups is 2. The second kappa shape index (κ2) is 6.93. The summed E-state index contributed by atoms with van der Waals surface area (Å²) in [7, 11) is 1.69. The van der Waals surface area contributed by atoms with Crippen molar-refractivity contribution in [3.63, 3.8) is 0 Å². The van der Waals surface area contributed by atoms with Crippen molar-refractivity contribution in [1.82, 2.24) is 10.2 Å². The van der Waals surface area contributed by atoms with Crippen LogP contribution in [0.2, 0.25) is 0 Å². The first-order chi connectivity index (χ1) is 9.31. The van der Waals surface area contributed by atoms with Gasteiger partial charge in [0.05, 0.1) is 5.92 Å². The number of hydrogen-bond donors (Lipinski definition) is 2. The fourth-order valence-corrected chi connectivity index (χ4v) is 1.68. The Morgan fingerprint density at radius 3 is 2.30 bits per heavy atom. The van der Waals surface area contributed by atoms with Crippen LogP contribution in [0.25, 0.3) is 0 Å². The van der Waals surface area contributed by atoms with Crippen molar-refractivity contribution in [2.24, 2.45) is 5.92 Å². The highest BCUT2D eigenvalue weighted by atomic mass is 16.4. The number of benzene rings is 1.